The van der Waals surface area contributed by atoms with Gasteiger partial charge in [0.2, 0.25) is 0 Å². The molecule has 0 aromatic carbocycles. The number of ether oxygens (including phenoxy) is 2. The van der Waals surface area contributed by atoms with Crippen molar-refractivity contribution in [3.8, 4) is 0 Å². The van der Waals surface area contributed by atoms with Crippen LogP contribution in [0.25, 0.3) is 0 Å². The minimum Gasteiger partial charge on any atom is -0.378 e. The average Bonchev–Trinajstić information content (AvgIpc) is 3.56. The van der Waals surface area contributed by atoms with Crippen LogP contribution in [0, 0.1) is 23.7 Å². The van der Waals surface area contributed by atoms with Gasteiger partial charge in [-0.1, -0.05) is 83.1 Å². The van der Waals surface area contributed by atoms with Crippen LogP contribution in [0.5, 0.6) is 0 Å². The van der Waals surface area contributed by atoms with Crippen LogP contribution < -0.4 is 10.8 Å². The molecule has 0 aliphatic carbocycles. The van der Waals surface area contributed by atoms with Crippen molar-refractivity contribution in [1.82, 2.24) is 10.8 Å². The van der Waals surface area contributed by atoms with Gasteiger partial charge >= 0.3 is 0 Å². The van der Waals surface area contributed by atoms with Crippen LogP contribution in [-0.4, -0.2) is 45.2 Å². The molecule has 5 heteroatoms. The maximum atomic E-state index is 5.41. The van der Waals surface area contributed by atoms with E-state index < -0.39 is 0 Å². The van der Waals surface area contributed by atoms with Crippen molar-refractivity contribution < 1.29 is 14.3 Å². The van der Waals surface area contributed by atoms with E-state index in [0.29, 0.717) is 18.1 Å². The maximum Gasteiger partial charge on any atom is 0.0969 e. The van der Waals surface area contributed by atoms with E-state index in [0.717, 1.165) is 50.8 Å². The second-order valence-corrected chi connectivity index (χ2v) is 8.03. The highest BCUT2D eigenvalue weighted by Gasteiger charge is 2.19. The summed E-state index contributed by atoms with van der Waals surface area (Å²) in [5.41, 5.74) is 2.85. The Morgan fingerprint density at radius 1 is 0.767 bits per heavy atom. The zero-order chi connectivity index (χ0) is 23.9. The molecule has 3 rings (SSSR count). The summed E-state index contributed by atoms with van der Waals surface area (Å²) >= 11 is 0. The molecule has 0 spiro atoms. The van der Waals surface area contributed by atoms with Crippen LogP contribution in [0.2, 0.25) is 0 Å². The lowest BCUT2D eigenvalue weighted by Crippen LogP contribution is -2.28. The van der Waals surface area contributed by atoms with Crippen molar-refractivity contribution >= 4 is 0 Å². The molecule has 3 aliphatic heterocycles. The summed E-state index contributed by atoms with van der Waals surface area (Å²) in [7, 11) is 0. The second-order valence-electron chi connectivity index (χ2n) is 8.03. The van der Waals surface area contributed by atoms with Crippen molar-refractivity contribution in [2.45, 2.75) is 108 Å². The van der Waals surface area contributed by atoms with Gasteiger partial charge in [-0.15, -0.1) is 0 Å². The zero-order valence-corrected chi connectivity index (χ0v) is 22.6. The van der Waals surface area contributed by atoms with Crippen LogP contribution in [0.1, 0.15) is 95.9 Å². The van der Waals surface area contributed by atoms with Gasteiger partial charge < -0.3 is 14.3 Å². The minimum atomic E-state index is 0.565. The van der Waals surface area contributed by atoms with E-state index in [1.54, 1.807) is 0 Å². The predicted octanol–water partition coefficient (Wildman–Crippen LogP) is 6.28. The van der Waals surface area contributed by atoms with Crippen LogP contribution >= 0.6 is 0 Å². The maximum absolute atomic E-state index is 5.41. The molecule has 3 fully saturated rings. The third-order valence-corrected chi connectivity index (χ3v) is 4.95. The van der Waals surface area contributed by atoms with Crippen molar-refractivity contribution in [3.63, 3.8) is 0 Å². The lowest BCUT2D eigenvalue weighted by molar-refractivity contribution is 0.0758. The van der Waals surface area contributed by atoms with Crippen molar-refractivity contribution in [2.75, 3.05) is 33.1 Å². The molecule has 5 nitrogen and oxygen atoms in total. The van der Waals surface area contributed by atoms with E-state index in [4.69, 9.17) is 14.3 Å². The second kappa shape index (κ2) is 25.1. The highest BCUT2D eigenvalue weighted by atomic mass is 16.7. The Hall–Kier alpha value is -0.200. The standard InChI is InChI=1S/C7H14O.2C6H13NO.3C2H6/c1-6(2)7-4-3-5-8-7;1-5(2)6-3-8-4-7-6;1-5(2)6-3-7-8-4-6;3*1-2/h6-7H,3-5H2,1-2H3;2*5-7H,3-4H2,1-2H3;3*1-2H3. The lowest BCUT2D eigenvalue weighted by Gasteiger charge is -2.11. The third-order valence-electron chi connectivity index (χ3n) is 4.95. The van der Waals surface area contributed by atoms with Gasteiger partial charge in [-0.3, -0.25) is 5.32 Å². The van der Waals surface area contributed by atoms with Gasteiger partial charge in [-0.2, -0.15) is 0 Å². The van der Waals surface area contributed by atoms with E-state index in [9.17, 15) is 0 Å². The Morgan fingerprint density at radius 2 is 1.37 bits per heavy atom. The molecule has 0 amide bonds. The van der Waals surface area contributed by atoms with E-state index in [1.807, 2.05) is 41.5 Å². The summed E-state index contributed by atoms with van der Waals surface area (Å²) in [6.45, 7) is 29.8. The molecule has 2 N–H and O–H groups in total. The first-order chi connectivity index (χ1) is 14.4. The van der Waals surface area contributed by atoms with Gasteiger partial charge in [-0.25, -0.2) is 5.48 Å². The molecule has 0 bridgehead atoms. The molecular formula is C25H58N2O3. The molecule has 3 heterocycles. The summed E-state index contributed by atoms with van der Waals surface area (Å²) in [5.74, 6) is 2.91. The fraction of sp³-hybridized carbons (Fsp3) is 1.00. The first-order valence-corrected chi connectivity index (χ1v) is 12.7. The summed E-state index contributed by atoms with van der Waals surface area (Å²) < 4.78 is 10.5. The third kappa shape index (κ3) is 18.6. The topological polar surface area (TPSA) is 51.8 Å². The Kier molecular flexibility index (Phi) is 28.8. The largest absolute Gasteiger partial charge is 0.378 e. The Bertz CT molecular complexity index is 247. The summed E-state index contributed by atoms with van der Waals surface area (Å²) in [6.07, 6.45) is 3.11. The normalized spacial score (nSPS) is 24.3. The van der Waals surface area contributed by atoms with Crippen molar-refractivity contribution in [3.05, 3.63) is 0 Å². The Balaban J connectivity index is -0.000000323. The molecule has 3 aliphatic rings. The number of hydroxylamine groups is 1. The lowest BCUT2D eigenvalue weighted by atomic mass is 9.98. The van der Waals surface area contributed by atoms with Crippen LogP contribution in [-0.2, 0) is 14.3 Å². The molecule has 0 aromatic heterocycles. The number of rotatable bonds is 3. The Labute approximate surface area is 190 Å². The molecular weight excluding hydrogens is 376 g/mol. The Morgan fingerprint density at radius 3 is 1.57 bits per heavy atom. The van der Waals surface area contributed by atoms with E-state index in [2.05, 4.69) is 52.3 Å². The molecule has 3 saturated heterocycles. The average molecular weight is 435 g/mol. The number of hydrogen-bond donors (Lipinski definition) is 2. The molecule has 30 heavy (non-hydrogen) atoms. The van der Waals surface area contributed by atoms with E-state index in [-0.39, 0.29) is 0 Å². The molecule has 3 atom stereocenters. The summed E-state index contributed by atoms with van der Waals surface area (Å²) in [6, 6.07) is 0.593. The molecule has 0 radical (unpaired) electrons. The van der Waals surface area contributed by atoms with E-state index >= 15 is 0 Å². The first kappa shape index (κ1) is 34.4. The fourth-order valence-electron chi connectivity index (χ4n) is 2.79. The highest BCUT2D eigenvalue weighted by molar-refractivity contribution is 4.71. The monoisotopic (exact) mass is 434 g/mol. The van der Waals surface area contributed by atoms with Gasteiger partial charge in [0.05, 0.1) is 26.0 Å². The zero-order valence-electron chi connectivity index (χ0n) is 22.6. The van der Waals surface area contributed by atoms with Crippen molar-refractivity contribution in [1.29, 1.82) is 0 Å². The smallest absolute Gasteiger partial charge is 0.0969 e. The van der Waals surface area contributed by atoms with Crippen LogP contribution in [0.4, 0.5) is 0 Å². The van der Waals surface area contributed by atoms with Gasteiger partial charge in [0, 0.05) is 25.1 Å². The molecule has 0 saturated carbocycles. The predicted molar refractivity (Wildman–Crippen MR) is 133 cm³/mol. The van der Waals surface area contributed by atoms with Gasteiger partial charge in [0.15, 0.2) is 0 Å². The van der Waals surface area contributed by atoms with E-state index in [1.165, 1.54) is 12.8 Å². The minimum absolute atomic E-state index is 0.565. The summed E-state index contributed by atoms with van der Waals surface area (Å²) in [4.78, 5) is 4.97. The molecule has 0 aromatic rings. The van der Waals surface area contributed by atoms with Gasteiger partial charge in [0.25, 0.3) is 0 Å². The highest BCUT2D eigenvalue weighted by Crippen LogP contribution is 2.18. The molecule has 186 valence electrons. The van der Waals surface area contributed by atoms with Crippen molar-refractivity contribution in [2.24, 2.45) is 23.7 Å². The fourth-order valence-corrected chi connectivity index (χ4v) is 2.79. The van der Waals surface area contributed by atoms with Crippen LogP contribution in [0.15, 0.2) is 0 Å². The first-order valence-electron chi connectivity index (χ1n) is 12.7. The van der Waals surface area contributed by atoms with Gasteiger partial charge in [-0.05, 0) is 30.6 Å². The summed E-state index contributed by atoms with van der Waals surface area (Å²) in [5, 5.41) is 3.23. The number of nitrogens with one attached hydrogen (secondary N) is 2. The van der Waals surface area contributed by atoms with Gasteiger partial charge in [0.1, 0.15) is 0 Å². The SMILES string of the molecule is CC.CC.CC.CC(C)C1CCCO1.CC(C)C1CNOC1.CC(C)C1COCN1. The molecule has 3 unspecified atom stereocenters. The van der Waals surface area contributed by atoms with Crippen LogP contribution in [0.3, 0.4) is 0 Å². The number of hydrogen-bond acceptors (Lipinski definition) is 5. The quantitative estimate of drug-likeness (QED) is 0.547.